The molecule has 2 rings (SSSR count). The molecule has 2 nitrogen and oxygen atoms in total. The van der Waals surface area contributed by atoms with Gasteiger partial charge in [-0.05, 0) is 23.3 Å². The molecule has 19 heavy (non-hydrogen) atoms. The van der Waals surface area contributed by atoms with Crippen molar-refractivity contribution >= 4 is 11.6 Å². The predicted molar refractivity (Wildman–Crippen MR) is 73.0 cm³/mol. The smallest absolute Gasteiger partial charge is 0.142 e. The third kappa shape index (κ3) is 3.54. The van der Waals surface area contributed by atoms with Crippen LogP contribution in [0.25, 0.3) is 0 Å². The second-order valence-electron chi connectivity index (χ2n) is 4.10. The largest absolute Gasteiger partial charge is 0.294 e. The summed E-state index contributed by atoms with van der Waals surface area (Å²) in [4.78, 5) is 0. The number of nitrogens with zero attached hydrogens (tertiary/aromatic N) is 1. The molecule has 0 amide bonds. The zero-order valence-electron chi connectivity index (χ0n) is 10.1. The van der Waals surface area contributed by atoms with E-state index in [0.717, 1.165) is 5.56 Å². The van der Waals surface area contributed by atoms with Crippen LogP contribution >= 0.6 is 11.6 Å². The van der Waals surface area contributed by atoms with E-state index >= 15 is 0 Å². The molecule has 0 aromatic heterocycles. The summed E-state index contributed by atoms with van der Waals surface area (Å²) in [6.45, 7) is 0.545. The molecule has 2 aromatic rings. The van der Waals surface area contributed by atoms with Gasteiger partial charge in [-0.15, -0.1) is 0 Å². The number of rotatable bonds is 4. The lowest BCUT2D eigenvalue weighted by Gasteiger charge is -2.12. The van der Waals surface area contributed by atoms with Crippen LogP contribution in [0.5, 0.6) is 0 Å². The van der Waals surface area contributed by atoms with Gasteiger partial charge in [-0.3, -0.25) is 5.32 Å². The maximum Gasteiger partial charge on any atom is 0.142 e. The summed E-state index contributed by atoms with van der Waals surface area (Å²) >= 11 is 5.62. The highest BCUT2D eigenvalue weighted by Gasteiger charge is 2.11. The third-order valence-electron chi connectivity index (χ3n) is 2.76. The Morgan fingerprint density at radius 3 is 2.58 bits per heavy atom. The van der Waals surface area contributed by atoms with Crippen molar-refractivity contribution in [1.82, 2.24) is 5.32 Å². The summed E-state index contributed by atoms with van der Waals surface area (Å²) in [6, 6.07) is 15.7. The Bertz CT molecular complexity index is 593. The minimum Gasteiger partial charge on any atom is -0.294 e. The van der Waals surface area contributed by atoms with Crippen molar-refractivity contribution in [3.63, 3.8) is 0 Å². The average Bonchev–Trinajstić information content (AvgIpc) is 2.44. The van der Waals surface area contributed by atoms with Crippen molar-refractivity contribution in [2.24, 2.45) is 0 Å². The van der Waals surface area contributed by atoms with Gasteiger partial charge in [0.25, 0.3) is 0 Å². The van der Waals surface area contributed by atoms with Gasteiger partial charge < -0.3 is 0 Å². The molecule has 1 N–H and O–H groups in total. The van der Waals surface area contributed by atoms with Gasteiger partial charge in [0, 0.05) is 6.54 Å². The minimum absolute atomic E-state index is 0.0588. The van der Waals surface area contributed by atoms with E-state index in [1.165, 1.54) is 12.1 Å². The van der Waals surface area contributed by atoms with Crippen molar-refractivity contribution in [1.29, 1.82) is 5.26 Å². The molecule has 2 aromatic carbocycles. The highest BCUT2D eigenvalue weighted by molar-refractivity contribution is 6.30. The van der Waals surface area contributed by atoms with Gasteiger partial charge in [0.15, 0.2) is 0 Å². The number of hydrogen-bond acceptors (Lipinski definition) is 2. The fourth-order valence-corrected chi connectivity index (χ4v) is 1.86. The fourth-order valence-electron chi connectivity index (χ4n) is 1.75. The summed E-state index contributed by atoms with van der Waals surface area (Å²) in [5.41, 5.74) is 1.64. The van der Waals surface area contributed by atoms with Crippen molar-refractivity contribution < 1.29 is 4.39 Å². The molecule has 0 spiro atoms. The van der Waals surface area contributed by atoms with Crippen LogP contribution in [0.1, 0.15) is 17.2 Å². The van der Waals surface area contributed by atoms with Crippen molar-refractivity contribution in [3.05, 3.63) is 70.5 Å². The van der Waals surface area contributed by atoms with E-state index < -0.39 is 11.9 Å². The van der Waals surface area contributed by atoms with Crippen LogP contribution in [-0.4, -0.2) is 0 Å². The average molecular weight is 275 g/mol. The Morgan fingerprint density at radius 2 is 1.95 bits per heavy atom. The van der Waals surface area contributed by atoms with Crippen LogP contribution in [0.2, 0.25) is 5.02 Å². The maximum absolute atomic E-state index is 13.4. The molecule has 0 bridgehead atoms. The van der Waals surface area contributed by atoms with Gasteiger partial charge >= 0.3 is 0 Å². The Balaban J connectivity index is 2.08. The summed E-state index contributed by atoms with van der Waals surface area (Å²) in [5, 5.41) is 12.3. The first-order valence-electron chi connectivity index (χ1n) is 5.82. The Labute approximate surface area is 116 Å². The topological polar surface area (TPSA) is 35.8 Å². The molecule has 0 aliphatic rings. The fraction of sp³-hybridized carbons (Fsp3) is 0.133. The molecule has 0 saturated carbocycles. The number of benzene rings is 2. The van der Waals surface area contributed by atoms with E-state index in [4.69, 9.17) is 16.9 Å². The van der Waals surface area contributed by atoms with E-state index in [9.17, 15) is 4.39 Å². The molecule has 0 heterocycles. The second kappa shape index (κ2) is 6.33. The number of halogens is 2. The second-order valence-corrected chi connectivity index (χ2v) is 4.51. The lowest BCUT2D eigenvalue weighted by atomic mass is 10.1. The number of hydrogen-bond donors (Lipinski definition) is 1. The maximum atomic E-state index is 13.4. The molecular formula is C15H12ClFN2. The first-order chi connectivity index (χ1) is 9.20. The molecule has 1 unspecified atom stereocenters. The lowest BCUT2D eigenvalue weighted by Crippen LogP contribution is -2.19. The first kappa shape index (κ1) is 13.5. The molecule has 0 radical (unpaired) electrons. The first-order valence-corrected chi connectivity index (χ1v) is 6.20. The van der Waals surface area contributed by atoms with E-state index in [-0.39, 0.29) is 5.02 Å². The van der Waals surface area contributed by atoms with Crippen molar-refractivity contribution in [3.8, 4) is 6.07 Å². The van der Waals surface area contributed by atoms with Gasteiger partial charge in [0.05, 0.1) is 11.1 Å². The molecule has 0 aliphatic carbocycles. The van der Waals surface area contributed by atoms with Gasteiger partial charge in [-0.25, -0.2) is 4.39 Å². The predicted octanol–water partition coefficient (Wildman–Crippen LogP) is 3.83. The van der Waals surface area contributed by atoms with E-state index in [0.29, 0.717) is 12.1 Å². The summed E-state index contributed by atoms with van der Waals surface area (Å²) < 4.78 is 13.4. The SMILES string of the molecule is N#CC(NCc1ccccc1)c1ccc(Cl)c(F)c1. The third-order valence-corrected chi connectivity index (χ3v) is 3.07. The van der Waals surface area contributed by atoms with Gasteiger partial charge in [-0.1, -0.05) is 48.0 Å². The molecule has 96 valence electrons. The quantitative estimate of drug-likeness (QED) is 0.920. The standard InChI is InChI=1S/C15H12ClFN2/c16-13-7-6-12(8-14(13)17)15(9-18)19-10-11-4-2-1-3-5-11/h1-8,15,19H,10H2. The summed E-state index contributed by atoms with van der Waals surface area (Å²) in [5.74, 6) is -0.513. The molecule has 0 fully saturated rings. The van der Waals surface area contributed by atoms with Crippen LogP contribution in [-0.2, 0) is 6.54 Å². The van der Waals surface area contributed by atoms with Crippen LogP contribution in [0.4, 0.5) is 4.39 Å². The lowest BCUT2D eigenvalue weighted by molar-refractivity contribution is 0.604. The Kier molecular flexibility index (Phi) is 4.51. The van der Waals surface area contributed by atoms with Crippen molar-refractivity contribution in [2.45, 2.75) is 12.6 Å². The van der Waals surface area contributed by atoms with E-state index in [1.807, 2.05) is 30.3 Å². The summed E-state index contributed by atoms with van der Waals surface area (Å²) in [6.07, 6.45) is 0. The van der Waals surface area contributed by atoms with Crippen molar-refractivity contribution in [2.75, 3.05) is 0 Å². The minimum atomic E-state index is -0.563. The molecule has 0 saturated heterocycles. The number of nitrogens with one attached hydrogen (secondary N) is 1. The van der Waals surface area contributed by atoms with Crippen LogP contribution < -0.4 is 5.32 Å². The zero-order valence-corrected chi connectivity index (χ0v) is 10.9. The number of nitriles is 1. The van der Waals surface area contributed by atoms with Gasteiger partial charge in [0.2, 0.25) is 0 Å². The Morgan fingerprint density at radius 1 is 1.21 bits per heavy atom. The van der Waals surface area contributed by atoms with Gasteiger partial charge in [-0.2, -0.15) is 5.26 Å². The molecule has 1 atom stereocenters. The molecule has 4 heteroatoms. The van der Waals surface area contributed by atoms with Gasteiger partial charge in [0.1, 0.15) is 11.9 Å². The van der Waals surface area contributed by atoms with E-state index in [2.05, 4.69) is 11.4 Å². The van der Waals surface area contributed by atoms with Crippen LogP contribution in [0.15, 0.2) is 48.5 Å². The molecular weight excluding hydrogens is 263 g/mol. The monoisotopic (exact) mass is 274 g/mol. The molecule has 0 aliphatic heterocycles. The van der Waals surface area contributed by atoms with Crippen LogP contribution in [0.3, 0.4) is 0 Å². The zero-order chi connectivity index (χ0) is 13.7. The highest BCUT2D eigenvalue weighted by Crippen LogP contribution is 2.20. The highest BCUT2D eigenvalue weighted by atomic mass is 35.5. The summed E-state index contributed by atoms with van der Waals surface area (Å²) in [7, 11) is 0. The Hall–Kier alpha value is -1.89. The van der Waals surface area contributed by atoms with E-state index in [1.54, 1.807) is 6.07 Å². The normalized spacial score (nSPS) is 11.8. The van der Waals surface area contributed by atoms with Crippen LogP contribution in [0, 0.1) is 17.1 Å².